The van der Waals surface area contributed by atoms with Crippen LogP contribution in [0.3, 0.4) is 0 Å². The van der Waals surface area contributed by atoms with Crippen LogP contribution in [-0.4, -0.2) is 16.8 Å². The molecule has 6 heteroatoms. The number of nitrogens with one attached hydrogen (secondary N) is 2. The lowest BCUT2D eigenvalue weighted by Crippen LogP contribution is -2.20. The van der Waals surface area contributed by atoms with E-state index in [1.807, 2.05) is 0 Å². The Balaban J connectivity index is 1.86. The van der Waals surface area contributed by atoms with Crippen molar-refractivity contribution in [2.45, 2.75) is 33.1 Å². The first-order chi connectivity index (χ1) is 11.9. The first-order valence-electron chi connectivity index (χ1n) is 8.30. The minimum Gasteiger partial charge on any atom is -0.326 e. The van der Waals surface area contributed by atoms with Gasteiger partial charge in [0.05, 0.1) is 5.69 Å². The molecule has 0 fully saturated rings. The smallest absolute Gasteiger partial charge is 0.256 e. The monoisotopic (exact) mass is 341 g/mol. The van der Waals surface area contributed by atoms with E-state index in [9.17, 15) is 14.0 Å². The van der Waals surface area contributed by atoms with Gasteiger partial charge < -0.3 is 10.6 Å². The summed E-state index contributed by atoms with van der Waals surface area (Å²) in [5, 5.41) is 5.29. The van der Waals surface area contributed by atoms with Gasteiger partial charge in [0.1, 0.15) is 5.82 Å². The van der Waals surface area contributed by atoms with Crippen molar-refractivity contribution < 1.29 is 14.0 Å². The summed E-state index contributed by atoms with van der Waals surface area (Å²) in [6.07, 6.45) is 4.83. The molecule has 2 heterocycles. The molecule has 1 aliphatic rings. The summed E-state index contributed by atoms with van der Waals surface area (Å²) in [5.41, 5.74) is 2.73. The van der Waals surface area contributed by atoms with Crippen molar-refractivity contribution in [3.8, 4) is 0 Å². The SMILES string of the molecule is CC(C)Cc1cnccc1C(=O)Nc1cc2c(cc1F)NC(=O)CC2. The highest BCUT2D eigenvalue weighted by Gasteiger charge is 2.20. The van der Waals surface area contributed by atoms with Gasteiger partial charge in [0, 0.05) is 30.1 Å². The third-order valence-corrected chi connectivity index (χ3v) is 4.11. The Morgan fingerprint density at radius 3 is 2.92 bits per heavy atom. The molecule has 0 atom stereocenters. The fraction of sp³-hybridized carbons (Fsp3) is 0.316. The summed E-state index contributed by atoms with van der Waals surface area (Å²) in [7, 11) is 0. The zero-order chi connectivity index (χ0) is 18.0. The maximum Gasteiger partial charge on any atom is 0.256 e. The van der Waals surface area contributed by atoms with Crippen LogP contribution in [0.1, 0.15) is 41.8 Å². The number of hydrogen-bond donors (Lipinski definition) is 2. The molecule has 130 valence electrons. The summed E-state index contributed by atoms with van der Waals surface area (Å²) in [6, 6.07) is 4.48. The Labute approximate surface area is 145 Å². The Morgan fingerprint density at radius 2 is 2.16 bits per heavy atom. The maximum absolute atomic E-state index is 14.3. The lowest BCUT2D eigenvalue weighted by Gasteiger charge is -2.19. The molecule has 1 aromatic carbocycles. The largest absolute Gasteiger partial charge is 0.326 e. The number of aromatic nitrogens is 1. The van der Waals surface area contributed by atoms with Gasteiger partial charge in [0.25, 0.3) is 5.91 Å². The van der Waals surface area contributed by atoms with Crippen LogP contribution in [0.15, 0.2) is 30.6 Å². The van der Waals surface area contributed by atoms with E-state index < -0.39 is 5.82 Å². The van der Waals surface area contributed by atoms with Crippen LogP contribution < -0.4 is 10.6 Å². The minimum atomic E-state index is -0.575. The van der Waals surface area contributed by atoms with Gasteiger partial charge in [-0.3, -0.25) is 14.6 Å². The van der Waals surface area contributed by atoms with Crippen molar-refractivity contribution in [1.29, 1.82) is 0 Å². The molecule has 2 amide bonds. The molecule has 1 aromatic heterocycles. The summed E-state index contributed by atoms with van der Waals surface area (Å²) in [5.74, 6) is -0.691. The van der Waals surface area contributed by atoms with Crippen molar-refractivity contribution in [1.82, 2.24) is 4.98 Å². The zero-order valence-corrected chi connectivity index (χ0v) is 14.2. The number of pyridine rings is 1. The fourth-order valence-electron chi connectivity index (χ4n) is 2.94. The standard InChI is InChI=1S/C19H20FN3O2/c1-11(2)7-13-10-21-6-5-14(13)19(25)23-17-8-12-3-4-18(24)22-16(12)9-15(17)20/h5-6,8-11H,3-4,7H2,1-2H3,(H,22,24)(H,23,25). The van der Waals surface area contributed by atoms with Gasteiger partial charge in [-0.15, -0.1) is 0 Å². The van der Waals surface area contributed by atoms with Gasteiger partial charge in [-0.05, 0) is 48.1 Å². The first-order valence-corrected chi connectivity index (χ1v) is 8.30. The zero-order valence-electron chi connectivity index (χ0n) is 14.2. The number of nitrogens with zero attached hydrogens (tertiary/aromatic N) is 1. The highest BCUT2D eigenvalue weighted by molar-refractivity contribution is 6.05. The molecular weight excluding hydrogens is 321 g/mol. The highest BCUT2D eigenvalue weighted by Crippen LogP contribution is 2.29. The molecule has 1 aliphatic heterocycles. The van der Waals surface area contributed by atoms with Gasteiger partial charge in [0.15, 0.2) is 0 Å². The Bertz CT molecular complexity index is 833. The normalized spacial score (nSPS) is 13.4. The number of aryl methyl sites for hydroxylation is 1. The second kappa shape index (κ2) is 7.01. The molecule has 3 rings (SSSR count). The van der Waals surface area contributed by atoms with Crippen LogP contribution >= 0.6 is 0 Å². The molecule has 0 spiro atoms. The lowest BCUT2D eigenvalue weighted by atomic mass is 9.99. The van der Waals surface area contributed by atoms with E-state index in [1.165, 1.54) is 6.07 Å². The van der Waals surface area contributed by atoms with E-state index in [2.05, 4.69) is 29.5 Å². The third-order valence-electron chi connectivity index (χ3n) is 4.11. The number of carbonyl (C=O) groups excluding carboxylic acids is 2. The predicted molar refractivity (Wildman–Crippen MR) is 94.1 cm³/mol. The number of hydrogen-bond acceptors (Lipinski definition) is 3. The Morgan fingerprint density at radius 1 is 1.36 bits per heavy atom. The molecule has 0 bridgehead atoms. The summed E-state index contributed by atoms with van der Waals surface area (Å²) < 4.78 is 14.3. The number of fused-ring (bicyclic) bond motifs is 1. The molecular formula is C19H20FN3O2. The number of benzene rings is 1. The van der Waals surface area contributed by atoms with Crippen molar-refractivity contribution in [2.24, 2.45) is 5.92 Å². The van der Waals surface area contributed by atoms with Crippen molar-refractivity contribution in [3.05, 3.63) is 53.1 Å². The third kappa shape index (κ3) is 3.84. The number of anilines is 2. The lowest BCUT2D eigenvalue weighted by molar-refractivity contribution is -0.116. The molecule has 0 unspecified atom stereocenters. The second-order valence-electron chi connectivity index (χ2n) is 6.62. The Kier molecular flexibility index (Phi) is 4.79. The van der Waals surface area contributed by atoms with Gasteiger partial charge in [-0.2, -0.15) is 0 Å². The van der Waals surface area contributed by atoms with Gasteiger partial charge >= 0.3 is 0 Å². The topological polar surface area (TPSA) is 71.1 Å². The summed E-state index contributed by atoms with van der Waals surface area (Å²) in [6.45, 7) is 4.12. The fourth-order valence-corrected chi connectivity index (χ4v) is 2.94. The van der Waals surface area contributed by atoms with Gasteiger partial charge in [0.2, 0.25) is 5.91 Å². The van der Waals surface area contributed by atoms with Crippen molar-refractivity contribution in [3.63, 3.8) is 0 Å². The molecule has 25 heavy (non-hydrogen) atoms. The van der Waals surface area contributed by atoms with E-state index in [0.29, 0.717) is 30.0 Å². The van der Waals surface area contributed by atoms with Crippen molar-refractivity contribution in [2.75, 3.05) is 10.6 Å². The molecule has 2 N–H and O–H groups in total. The van der Waals surface area contributed by atoms with Crippen LogP contribution in [0.5, 0.6) is 0 Å². The highest BCUT2D eigenvalue weighted by atomic mass is 19.1. The number of halogens is 1. The van der Waals surface area contributed by atoms with Crippen LogP contribution in [0.4, 0.5) is 15.8 Å². The number of amides is 2. The van der Waals surface area contributed by atoms with Crippen LogP contribution in [0, 0.1) is 11.7 Å². The average Bonchev–Trinajstić information content (AvgIpc) is 2.55. The van der Waals surface area contributed by atoms with Crippen molar-refractivity contribution >= 4 is 23.2 Å². The molecule has 0 aliphatic carbocycles. The van der Waals surface area contributed by atoms with Gasteiger partial charge in [-0.25, -0.2) is 4.39 Å². The van der Waals surface area contributed by atoms with E-state index in [-0.39, 0.29) is 17.5 Å². The first kappa shape index (κ1) is 17.1. The maximum atomic E-state index is 14.3. The van der Waals surface area contributed by atoms with E-state index in [4.69, 9.17) is 0 Å². The molecule has 0 radical (unpaired) electrons. The van der Waals surface area contributed by atoms with Crippen LogP contribution in [-0.2, 0) is 17.6 Å². The van der Waals surface area contributed by atoms with Crippen LogP contribution in [0.2, 0.25) is 0 Å². The van der Waals surface area contributed by atoms with E-state index >= 15 is 0 Å². The minimum absolute atomic E-state index is 0.118. The summed E-state index contributed by atoms with van der Waals surface area (Å²) >= 11 is 0. The quantitative estimate of drug-likeness (QED) is 0.893. The van der Waals surface area contributed by atoms with Crippen LogP contribution in [0.25, 0.3) is 0 Å². The average molecular weight is 341 g/mol. The molecule has 0 saturated heterocycles. The predicted octanol–water partition coefficient (Wildman–Crippen LogP) is 3.56. The number of rotatable bonds is 4. The van der Waals surface area contributed by atoms with E-state index in [0.717, 1.165) is 17.5 Å². The molecule has 2 aromatic rings. The molecule has 0 saturated carbocycles. The number of carbonyl (C=O) groups is 2. The Hall–Kier alpha value is -2.76. The summed E-state index contributed by atoms with van der Waals surface area (Å²) in [4.78, 5) is 28.1. The molecule has 5 nitrogen and oxygen atoms in total. The second-order valence-corrected chi connectivity index (χ2v) is 6.62. The van der Waals surface area contributed by atoms with Gasteiger partial charge in [-0.1, -0.05) is 13.8 Å². The van der Waals surface area contributed by atoms with E-state index in [1.54, 1.807) is 24.5 Å².